The molecule has 33 heavy (non-hydrogen) atoms. The summed E-state index contributed by atoms with van der Waals surface area (Å²) in [7, 11) is 0. The Morgan fingerprint density at radius 2 is 1.79 bits per heavy atom. The van der Waals surface area contributed by atoms with Crippen LogP contribution >= 0.6 is 0 Å². The molecule has 168 valence electrons. The summed E-state index contributed by atoms with van der Waals surface area (Å²) in [6.45, 7) is 5.80. The zero-order chi connectivity index (χ0) is 23.5. The molecule has 0 radical (unpaired) electrons. The number of fused-ring (bicyclic) bond motifs is 1. The van der Waals surface area contributed by atoms with Gasteiger partial charge in [0.05, 0.1) is 16.6 Å². The monoisotopic (exact) mass is 446 g/mol. The molecule has 0 saturated heterocycles. The van der Waals surface area contributed by atoms with Gasteiger partial charge in [-0.1, -0.05) is 37.2 Å². The average Bonchev–Trinajstić information content (AvgIpc) is 3.19. The summed E-state index contributed by atoms with van der Waals surface area (Å²) in [5, 5.41) is 10.0. The van der Waals surface area contributed by atoms with Crippen molar-refractivity contribution in [3.63, 3.8) is 0 Å². The van der Waals surface area contributed by atoms with Gasteiger partial charge in [0.25, 0.3) is 17.5 Å². The van der Waals surface area contributed by atoms with Crippen LogP contribution in [0.5, 0.6) is 0 Å². The molecule has 2 aromatic heterocycles. The third-order valence-corrected chi connectivity index (χ3v) is 5.28. The minimum atomic E-state index is -0.371. The summed E-state index contributed by atoms with van der Waals surface area (Å²) in [6.07, 6.45) is 0. The molecule has 0 aliphatic heterocycles. The fraction of sp³-hybridized carbons (Fsp3) is 0.200. The van der Waals surface area contributed by atoms with Crippen molar-refractivity contribution in [2.45, 2.75) is 33.2 Å². The first kappa shape index (κ1) is 22.1. The number of benzene rings is 2. The van der Waals surface area contributed by atoms with Crippen molar-refractivity contribution < 1.29 is 18.5 Å². The molecule has 0 spiro atoms. The first-order valence-electron chi connectivity index (χ1n) is 10.5. The Balaban J connectivity index is 1.48. The van der Waals surface area contributed by atoms with Gasteiger partial charge >= 0.3 is 0 Å². The fourth-order valence-corrected chi connectivity index (χ4v) is 3.41. The Labute approximate surface area is 190 Å². The molecule has 0 atom stereocenters. The van der Waals surface area contributed by atoms with Gasteiger partial charge in [0.2, 0.25) is 0 Å². The number of halogens is 1. The molecule has 0 fully saturated rings. The Morgan fingerprint density at radius 1 is 1.06 bits per heavy atom. The number of aromatic nitrogens is 2. The van der Waals surface area contributed by atoms with Crippen molar-refractivity contribution in [1.29, 1.82) is 0 Å². The first-order chi connectivity index (χ1) is 15.8. The number of hydrogen-bond donors (Lipinski definition) is 2. The molecule has 0 aliphatic carbocycles. The summed E-state index contributed by atoms with van der Waals surface area (Å²) in [5.41, 5.74) is 3.39. The second-order valence-electron chi connectivity index (χ2n) is 8.00. The van der Waals surface area contributed by atoms with E-state index >= 15 is 0 Å². The van der Waals surface area contributed by atoms with Gasteiger partial charge in [-0.2, -0.15) is 0 Å². The first-order valence-corrected chi connectivity index (χ1v) is 10.5. The van der Waals surface area contributed by atoms with Crippen LogP contribution in [-0.2, 0) is 6.54 Å². The van der Waals surface area contributed by atoms with Gasteiger partial charge in [-0.25, -0.2) is 9.37 Å². The lowest BCUT2D eigenvalue weighted by molar-refractivity contribution is 0.0950. The molecule has 2 amide bonds. The van der Waals surface area contributed by atoms with Crippen LogP contribution in [0.15, 0.2) is 59.1 Å². The molecule has 0 bridgehead atoms. The Bertz CT molecular complexity index is 1330. The van der Waals surface area contributed by atoms with Crippen LogP contribution in [0.25, 0.3) is 11.1 Å². The van der Waals surface area contributed by atoms with Crippen molar-refractivity contribution in [3.05, 3.63) is 88.5 Å². The fourth-order valence-electron chi connectivity index (χ4n) is 3.41. The van der Waals surface area contributed by atoms with E-state index in [0.717, 1.165) is 5.69 Å². The largest absolute Gasteiger partial charge is 0.348 e. The molecule has 4 rings (SSSR count). The SMILES string of the molecule is Cc1noc2nc(C(C)C)cc(C(=O)Nc3ccc(C(=O)NCc4ccccc4F)cc3)c12. The van der Waals surface area contributed by atoms with E-state index in [2.05, 4.69) is 20.8 Å². The van der Waals surface area contributed by atoms with Crippen LogP contribution in [0.1, 0.15) is 57.4 Å². The maximum absolute atomic E-state index is 13.7. The molecule has 4 aromatic rings. The highest BCUT2D eigenvalue weighted by atomic mass is 19.1. The molecule has 0 aliphatic rings. The zero-order valence-electron chi connectivity index (χ0n) is 18.5. The van der Waals surface area contributed by atoms with E-state index in [9.17, 15) is 14.0 Å². The third-order valence-electron chi connectivity index (χ3n) is 5.28. The minimum absolute atomic E-state index is 0.0817. The molecular formula is C25H23FN4O3. The van der Waals surface area contributed by atoms with Gasteiger partial charge in [-0.15, -0.1) is 0 Å². The summed E-state index contributed by atoms with van der Waals surface area (Å²) in [4.78, 5) is 29.9. The second-order valence-corrected chi connectivity index (χ2v) is 8.00. The topological polar surface area (TPSA) is 97.1 Å². The maximum atomic E-state index is 13.7. The van der Waals surface area contributed by atoms with Crippen LogP contribution in [0.2, 0.25) is 0 Å². The van der Waals surface area contributed by atoms with E-state index < -0.39 is 0 Å². The lowest BCUT2D eigenvalue weighted by Crippen LogP contribution is -2.23. The van der Waals surface area contributed by atoms with E-state index in [1.165, 1.54) is 6.07 Å². The summed E-state index contributed by atoms with van der Waals surface area (Å²) in [5.74, 6) is -0.931. The normalized spacial score (nSPS) is 11.1. The molecule has 7 nitrogen and oxygen atoms in total. The lowest BCUT2D eigenvalue weighted by Gasteiger charge is -2.10. The molecule has 2 aromatic carbocycles. The summed E-state index contributed by atoms with van der Waals surface area (Å²) >= 11 is 0. The third kappa shape index (κ3) is 4.74. The standard InChI is InChI=1S/C25H23FN4O3/c1-14(2)21-12-19(22-15(3)30-33-25(22)29-21)24(32)28-18-10-8-16(9-11-18)23(31)27-13-17-6-4-5-7-20(17)26/h4-12,14H,13H2,1-3H3,(H,27,31)(H,28,32). The van der Waals surface area contributed by atoms with Crippen LogP contribution in [-0.4, -0.2) is 22.0 Å². The number of amides is 2. The van der Waals surface area contributed by atoms with Crippen molar-refractivity contribution in [3.8, 4) is 0 Å². The number of hydrogen-bond acceptors (Lipinski definition) is 5. The zero-order valence-corrected chi connectivity index (χ0v) is 18.5. The number of aryl methyl sites for hydroxylation is 1. The van der Waals surface area contributed by atoms with Crippen LogP contribution in [0.4, 0.5) is 10.1 Å². The van der Waals surface area contributed by atoms with Crippen LogP contribution in [0.3, 0.4) is 0 Å². The number of carbonyl (C=O) groups is 2. The second kappa shape index (κ2) is 9.20. The molecule has 8 heteroatoms. The number of nitrogens with one attached hydrogen (secondary N) is 2. The molecule has 2 heterocycles. The quantitative estimate of drug-likeness (QED) is 0.436. The van der Waals surface area contributed by atoms with E-state index in [1.54, 1.807) is 55.5 Å². The van der Waals surface area contributed by atoms with Gasteiger partial charge in [0.1, 0.15) is 5.82 Å². The smallest absolute Gasteiger partial charge is 0.259 e. The van der Waals surface area contributed by atoms with E-state index in [1.807, 2.05) is 13.8 Å². The van der Waals surface area contributed by atoms with E-state index in [4.69, 9.17) is 4.52 Å². The summed E-state index contributed by atoms with van der Waals surface area (Å²) in [6, 6.07) is 14.5. The number of anilines is 1. The van der Waals surface area contributed by atoms with Gasteiger partial charge in [0.15, 0.2) is 0 Å². The van der Waals surface area contributed by atoms with Gasteiger partial charge in [-0.3, -0.25) is 9.59 Å². The summed E-state index contributed by atoms with van der Waals surface area (Å²) < 4.78 is 19.0. The Kier molecular flexibility index (Phi) is 6.17. The molecule has 0 saturated carbocycles. The van der Waals surface area contributed by atoms with Gasteiger partial charge in [0, 0.05) is 29.1 Å². The van der Waals surface area contributed by atoms with E-state index in [0.29, 0.717) is 39.2 Å². The number of carbonyl (C=O) groups excluding carboxylic acids is 2. The van der Waals surface area contributed by atoms with Crippen molar-refractivity contribution in [2.75, 3.05) is 5.32 Å². The van der Waals surface area contributed by atoms with Crippen molar-refractivity contribution >= 4 is 28.6 Å². The van der Waals surface area contributed by atoms with E-state index in [-0.39, 0.29) is 30.1 Å². The molecular weight excluding hydrogens is 423 g/mol. The van der Waals surface area contributed by atoms with Crippen molar-refractivity contribution in [2.24, 2.45) is 0 Å². The lowest BCUT2D eigenvalue weighted by atomic mass is 10.0. The Morgan fingerprint density at radius 3 is 2.48 bits per heavy atom. The average molecular weight is 446 g/mol. The highest BCUT2D eigenvalue weighted by Gasteiger charge is 2.20. The maximum Gasteiger partial charge on any atom is 0.259 e. The van der Waals surface area contributed by atoms with Gasteiger partial charge in [-0.05, 0) is 49.2 Å². The predicted molar refractivity (Wildman–Crippen MR) is 123 cm³/mol. The highest BCUT2D eigenvalue weighted by molar-refractivity contribution is 6.12. The molecule has 0 unspecified atom stereocenters. The number of nitrogens with zero attached hydrogens (tertiary/aromatic N) is 2. The Hall–Kier alpha value is -4.07. The number of rotatable bonds is 6. The van der Waals surface area contributed by atoms with Gasteiger partial charge < -0.3 is 15.2 Å². The highest BCUT2D eigenvalue weighted by Crippen LogP contribution is 2.26. The van der Waals surface area contributed by atoms with Crippen LogP contribution < -0.4 is 10.6 Å². The van der Waals surface area contributed by atoms with Crippen LogP contribution in [0, 0.1) is 12.7 Å². The predicted octanol–water partition coefficient (Wildman–Crippen LogP) is 4.98. The van der Waals surface area contributed by atoms with Crippen molar-refractivity contribution in [1.82, 2.24) is 15.5 Å². The minimum Gasteiger partial charge on any atom is -0.348 e. The number of pyridine rings is 1. The molecule has 2 N–H and O–H groups in total.